The zero-order chi connectivity index (χ0) is 21.1. The number of benzene rings is 2. The third kappa shape index (κ3) is 4.27. The highest BCUT2D eigenvalue weighted by Crippen LogP contribution is 2.29. The van der Waals surface area contributed by atoms with Crippen molar-refractivity contribution in [2.24, 2.45) is 0 Å². The Balaban J connectivity index is 1.47. The van der Waals surface area contributed by atoms with E-state index in [1.165, 1.54) is 29.0 Å². The zero-order valence-electron chi connectivity index (χ0n) is 16.2. The van der Waals surface area contributed by atoms with E-state index in [1.807, 2.05) is 24.3 Å². The summed E-state index contributed by atoms with van der Waals surface area (Å²) in [7, 11) is 0. The number of ether oxygens (including phenoxy) is 1. The lowest BCUT2D eigenvalue weighted by atomic mass is 10.0. The number of amides is 2. The Labute approximate surface area is 171 Å². The van der Waals surface area contributed by atoms with Crippen LogP contribution in [0.15, 0.2) is 48.8 Å². The maximum Gasteiger partial charge on any atom is 0.414 e. The summed E-state index contributed by atoms with van der Waals surface area (Å²) >= 11 is 0. The van der Waals surface area contributed by atoms with Gasteiger partial charge in [0, 0.05) is 12.5 Å². The van der Waals surface area contributed by atoms with Crippen molar-refractivity contribution in [2.75, 3.05) is 18.0 Å². The number of hydrogen-bond donors (Lipinski definition) is 1. The Morgan fingerprint density at radius 1 is 1.27 bits per heavy atom. The lowest BCUT2D eigenvalue weighted by Crippen LogP contribution is -2.33. The van der Waals surface area contributed by atoms with Crippen LogP contribution >= 0.6 is 0 Å². The van der Waals surface area contributed by atoms with Crippen LogP contribution in [0.2, 0.25) is 0 Å². The van der Waals surface area contributed by atoms with Gasteiger partial charge >= 0.3 is 6.09 Å². The molecule has 2 heterocycles. The Bertz CT molecular complexity index is 1050. The molecule has 0 bridgehead atoms. The molecule has 0 radical (unpaired) electrons. The molecule has 2 aromatic carbocycles. The summed E-state index contributed by atoms with van der Waals surface area (Å²) in [4.78, 5) is 26.0. The van der Waals surface area contributed by atoms with Crippen molar-refractivity contribution >= 4 is 17.7 Å². The number of carbonyl (C=O) groups excluding carboxylic acids is 2. The van der Waals surface area contributed by atoms with E-state index in [0.29, 0.717) is 23.4 Å². The van der Waals surface area contributed by atoms with E-state index in [2.05, 4.69) is 20.7 Å². The third-order valence-electron chi connectivity index (χ3n) is 4.70. The van der Waals surface area contributed by atoms with E-state index >= 15 is 0 Å². The number of nitrogens with one attached hydrogen (secondary N) is 1. The summed E-state index contributed by atoms with van der Waals surface area (Å²) in [5.41, 5.74) is 2.49. The Morgan fingerprint density at radius 3 is 2.73 bits per heavy atom. The van der Waals surface area contributed by atoms with E-state index in [0.717, 1.165) is 5.56 Å². The lowest BCUT2D eigenvalue weighted by molar-refractivity contribution is -0.119. The van der Waals surface area contributed by atoms with Gasteiger partial charge in [-0.1, -0.05) is 24.3 Å². The van der Waals surface area contributed by atoms with Crippen LogP contribution in [0.4, 0.5) is 14.9 Å². The zero-order valence-corrected chi connectivity index (χ0v) is 16.2. The molecule has 1 N–H and O–H groups in total. The van der Waals surface area contributed by atoms with Crippen molar-refractivity contribution in [2.45, 2.75) is 19.6 Å². The molecular formula is C20H19FN6O3. The molecule has 3 aromatic rings. The largest absolute Gasteiger partial charge is 0.442 e. The van der Waals surface area contributed by atoms with Crippen LogP contribution in [0.3, 0.4) is 0 Å². The molecule has 1 aliphatic heterocycles. The molecule has 2 amide bonds. The van der Waals surface area contributed by atoms with Gasteiger partial charge in [0.25, 0.3) is 0 Å². The minimum absolute atomic E-state index is 0.205. The van der Waals surface area contributed by atoms with Gasteiger partial charge in [0.2, 0.25) is 5.91 Å². The SMILES string of the molecule is CC(=O)NCC1CN(c2ccc(-c3ccc(Cn4ncnn4)cc3)c(F)c2)C(=O)O1. The van der Waals surface area contributed by atoms with Crippen LogP contribution in [0.25, 0.3) is 11.1 Å². The molecule has 1 aromatic heterocycles. The number of rotatable bonds is 6. The molecule has 4 rings (SSSR count). The number of hydrogen-bond acceptors (Lipinski definition) is 6. The van der Waals surface area contributed by atoms with E-state index in [1.54, 1.807) is 12.1 Å². The molecule has 0 saturated carbocycles. The number of aromatic nitrogens is 4. The van der Waals surface area contributed by atoms with E-state index < -0.39 is 18.0 Å². The van der Waals surface area contributed by atoms with Crippen molar-refractivity contribution in [1.29, 1.82) is 0 Å². The highest BCUT2D eigenvalue weighted by atomic mass is 19.1. The molecule has 30 heavy (non-hydrogen) atoms. The first-order chi connectivity index (χ1) is 14.5. The summed E-state index contributed by atoms with van der Waals surface area (Å²) in [5, 5.41) is 14.0. The fraction of sp³-hybridized carbons (Fsp3) is 0.250. The van der Waals surface area contributed by atoms with Crippen molar-refractivity contribution < 1.29 is 18.7 Å². The van der Waals surface area contributed by atoms with Crippen molar-refractivity contribution in [3.05, 3.63) is 60.2 Å². The average Bonchev–Trinajstić information content (AvgIpc) is 3.36. The number of carbonyl (C=O) groups is 2. The Morgan fingerprint density at radius 2 is 2.07 bits per heavy atom. The van der Waals surface area contributed by atoms with Gasteiger partial charge in [-0.15, -0.1) is 10.2 Å². The highest BCUT2D eigenvalue weighted by molar-refractivity contribution is 5.90. The molecule has 1 saturated heterocycles. The second-order valence-corrected chi connectivity index (χ2v) is 6.88. The predicted molar refractivity (Wildman–Crippen MR) is 105 cm³/mol. The molecule has 1 fully saturated rings. The minimum atomic E-state index is -0.566. The summed E-state index contributed by atoms with van der Waals surface area (Å²) in [6, 6.07) is 12.0. The molecule has 1 aliphatic rings. The van der Waals surface area contributed by atoms with Crippen LogP contribution in [0, 0.1) is 5.82 Å². The second kappa shape index (κ2) is 8.27. The number of cyclic esters (lactones) is 1. The summed E-state index contributed by atoms with van der Waals surface area (Å²) < 4.78 is 20.0. The summed E-state index contributed by atoms with van der Waals surface area (Å²) in [6.45, 7) is 2.32. The van der Waals surface area contributed by atoms with Gasteiger partial charge in [-0.25, -0.2) is 9.18 Å². The Kier molecular flexibility index (Phi) is 5.38. The second-order valence-electron chi connectivity index (χ2n) is 6.88. The standard InChI is InChI=1S/C20H19FN6O3/c1-13(28)22-9-17-11-26(20(29)30-17)16-6-7-18(19(21)8-16)15-4-2-14(3-5-15)10-27-24-12-23-25-27/h2-8,12,17H,9-11H2,1H3,(H,22,28). The highest BCUT2D eigenvalue weighted by Gasteiger charge is 2.32. The van der Waals surface area contributed by atoms with Gasteiger partial charge in [-0.05, 0) is 34.5 Å². The maximum absolute atomic E-state index is 14.8. The Hall–Kier alpha value is -3.82. The van der Waals surface area contributed by atoms with Crippen molar-refractivity contribution in [1.82, 2.24) is 25.5 Å². The fourth-order valence-electron chi connectivity index (χ4n) is 3.22. The van der Waals surface area contributed by atoms with Crippen LogP contribution in [0.5, 0.6) is 0 Å². The smallest absolute Gasteiger partial charge is 0.414 e. The van der Waals surface area contributed by atoms with E-state index in [4.69, 9.17) is 4.74 Å². The summed E-state index contributed by atoms with van der Waals surface area (Å²) in [5.74, 6) is -0.653. The predicted octanol–water partition coefficient (Wildman–Crippen LogP) is 1.99. The van der Waals surface area contributed by atoms with Gasteiger partial charge in [0.1, 0.15) is 11.9 Å². The van der Waals surface area contributed by atoms with Gasteiger partial charge in [0.05, 0.1) is 25.3 Å². The first-order valence-corrected chi connectivity index (χ1v) is 9.32. The molecule has 9 nitrogen and oxygen atoms in total. The van der Waals surface area contributed by atoms with Gasteiger partial charge in [0.15, 0.2) is 6.33 Å². The quantitative estimate of drug-likeness (QED) is 0.667. The van der Waals surface area contributed by atoms with E-state index in [-0.39, 0.29) is 19.0 Å². The van der Waals surface area contributed by atoms with Crippen LogP contribution in [-0.2, 0) is 16.1 Å². The van der Waals surface area contributed by atoms with Gasteiger partial charge < -0.3 is 10.1 Å². The fourth-order valence-corrected chi connectivity index (χ4v) is 3.22. The topological polar surface area (TPSA) is 102 Å². The molecule has 0 aliphatic carbocycles. The van der Waals surface area contributed by atoms with Crippen molar-refractivity contribution in [3.63, 3.8) is 0 Å². The first kappa shape index (κ1) is 19.5. The number of halogens is 1. The molecular weight excluding hydrogens is 391 g/mol. The summed E-state index contributed by atoms with van der Waals surface area (Å²) in [6.07, 6.45) is 0.323. The maximum atomic E-state index is 14.8. The molecule has 1 atom stereocenters. The van der Waals surface area contributed by atoms with Crippen LogP contribution in [0.1, 0.15) is 12.5 Å². The van der Waals surface area contributed by atoms with Crippen LogP contribution < -0.4 is 10.2 Å². The third-order valence-corrected chi connectivity index (χ3v) is 4.70. The monoisotopic (exact) mass is 410 g/mol. The van der Waals surface area contributed by atoms with Gasteiger partial charge in [-0.2, -0.15) is 4.80 Å². The number of anilines is 1. The normalized spacial score (nSPS) is 15.9. The first-order valence-electron chi connectivity index (χ1n) is 9.32. The average molecular weight is 410 g/mol. The lowest BCUT2D eigenvalue weighted by Gasteiger charge is -2.14. The van der Waals surface area contributed by atoms with Crippen molar-refractivity contribution in [3.8, 4) is 11.1 Å². The van der Waals surface area contributed by atoms with E-state index in [9.17, 15) is 14.0 Å². The van der Waals surface area contributed by atoms with Crippen LogP contribution in [-0.4, -0.2) is 51.4 Å². The molecule has 154 valence electrons. The molecule has 0 spiro atoms. The number of tetrazole rings is 1. The van der Waals surface area contributed by atoms with Gasteiger partial charge in [-0.3, -0.25) is 9.69 Å². The molecule has 10 heteroatoms. The molecule has 1 unspecified atom stereocenters. The number of nitrogens with zero attached hydrogens (tertiary/aromatic N) is 5. The minimum Gasteiger partial charge on any atom is -0.442 e.